The van der Waals surface area contributed by atoms with Crippen molar-refractivity contribution in [1.82, 2.24) is 15.1 Å². The van der Waals surface area contributed by atoms with Crippen molar-refractivity contribution in [2.24, 2.45) is 5.41 Å². The summed E-state index contributed by atoms with van der Waals surface area (Å²) in [4.78, 5) is 4.61. The lowest BCUT2D eigenvalue weighted by atomic mass is 9.69. The number of nitrogens with zero attached hydrogens (tertiary/aromatic N) is 4. The fourth-order valence-electron chi connectivity index (χ4n) is 3.99. The Labute approximate surface area is 164 Å². The molecule has 3 heterocycles. The number of benzene rings is 1. The minimum atomic E-state index is -0.701. The van der Waals surface area contributed by atoms with Gasteiger partial charge in [0.05, 0.1) is 18.8 Å². The van der Waals surface area contributed by atoms with Crippen LogP contribution >= 0.6 is 11.3 Å². The number of β-amino-alcohol motifs (C(OH)–C–C–N with tert-alkyl or cyclic N) is 1. The first-order valence-corrected chi connectivity index (χ1v) is 10.4. The molecule has 2 fully saturated rings. The first-order valence-electron chi connectivity index (χ1n) is 9.63. The Balaban J connectivity index is 1.46. The SMILES string of the molecule is CC1(C)CN(c2nnc(-c3ccccc3)s2)CC[C@]1(O)CN1CCOCC1. The molecule has 0 unspecified atom stereocenters. The van der Waals surface area contributed by atoms with Gasteiger partial charge in [0.2, 0.25) is 5.13 Å². The minimum absolute atomic E-state index is 0.234. The van der Waals surface area contributed by atoms with Crippen molar-refractivity contribution in [3.8, 4) is 10.6 Å². The molecule has 0 bridgehead atoms. The van der Waals surface area contributed by atoms with Crippen LogP contribution in [0.15, 0.2) is 30.3 Å². The van der Waals surface area contributed by atoms with Gasteiger partial charge in [0.25, 0.3) is 0 Å². The zero-order valence-electron chi connectivity index (χ0n) is 16.1. The van der Waals surface area contributed by atoms with Crippen molar-refractivity contribution < 1.29 is 9.84 Å². The van der Waals surface area contributed by atoms with E-state index in [0.717, 1.165) is 61.5 Å². The third-order valence-corrected chi connectivity index (χ3v) is 6.97. The summed E-state index contributed by atoms with van der Waals surface area (Å²) in [5.41, 5.74) is 0.164. The van der Waals surface area contributed by atoms with Crippen molar-refractivity contribution in [2.75, 3.05) is 50.8 Å². The molecule has 2 aliphatic rings. The Kier molecular flexibility index (Phi) is 5.20. The van der Waals surface area contributed by atoms with E-state index in [9.17, 15) is 5.11 Å². The predicted molar refractivity (Wildman–Crippen MR) is 108 cm³/mol. The summed E-state index contributed by atoms with van der Waals surface area (Å²) in [5.74, 6) is 0. The number of hydrogen-bond acceptors (Lipinski definition) is 7. The summed E-state index contributed by atoms with van der Waals surface area (Å²) in [6.07, 6.45) is 0.734. The van der Waals surface area contributed by atoms with Crippen LogP contribution in [0.3, 0.4) is 0 Å². The highest BCUT2D eigenvalue weighted by Gasteiger charge is 2.49. The van der Waals surface area contributed by atoms with Gasteiger partial charge in [-0.2, -0.15) is 0 Å². The lowest BCUT2D eigenvalue weighted by Gasteiger charge is -2.52. The second-order valence-electron chi connectivity index (χ2n) is 8.23. The average Bonchev–Trinajstić information content (AvgIpc) is 3.16. The van der Waals surface area contributed by atoms with Gasteiger partial charge in [-0.25, -0.2) is 0 Å². The standard InChI is InChI=1S/C20H28N4O2S/c1-19(2)14-24(9-8-20(19,25)15-23-10-12-26-13-11-23)18-22-21-17(27-18)16-6-4-3-5-7-16/h3-7,25H,8-15H2,1-2H3/t20-/m0/s1. The third-order valence-electron chi connectivity index (χ3n) is 5.94. The van der Waals surface area contributed by atoms with E-state index in [4.69, 9.17) is 4.74 Å². The molecule has 2 aliphatic heterocycles. The zero-order chi connectivity index (χ0) is 18.9. The van der Waals surface area contributed by atoms with Gasteiger partial charge in [0.1, 0.15) is 5.01 Å². The molecule has 6 nitrogen and oxygen atoms in total. The van der Waals surface area contributed by atoms with Gasteiger partial charge >= 0.3 is 0 Å². The van der Waals surface area contributed by atoms with E-state index in [2.05, 4.69) is 46.0 Å². The summed E-state index contributed by atoms with van der Waals surface area (Å²) >= 11 is 1.62. The van der Waals surface area contributed by atoms with E-state index in [1.165, 1.54) is 0 Å². The molecule has 2 saturated heterocycles. The van der Waals surface area contributed by atoms with Crippen LogP contribution in [0.4, 0.5) is 5.13 Å². The van der Waals surface area contributed by atoms with E-state index in [0.29, 0.717) is 6.54 Å². The minimum Gasteiger partial charge on any atom is -0.388 e. The molecule has 146 valence electrons. The molecule has 1 atom stereocenters. The maximum absolute atomic E-state index is 11.5. The van der Waals surface area contributed by atoms with Crippen LogP contribution in [0.1, 0.15) is 20.3 Å². The van der Waals surface area contributed by atoms with Gasteiger partial charge in [-0.1, -0.05) is 55.5 Å². The quantitative estimate of drug-likeness (QED) is 0.868. The second kappa shape index (κ2) is 7.47. The molecule has 0 saturated carbocycles. The number of anilines is 1. The van der Waals surface area contributed by atoms with Gasteiger partial charge < -0.3 is 14.7 Å². The van der Waals surface area contributed by atoms with Crippen LogP contribution in [-0.4, -0.2) is 71.7 Å². The summed E-state index contributed by atoms with van der Waals surface area (Å²) < 4.78 is 5.44. The Hall–Kier alpha value is -1.54. The predicted octanol–water partition coefficient (Wildman–Crippen LogP) is 2.50. The Bertz CT molecular complexity index is 760. The summed E-state index contributed by atoms with van der Waals surface area (Å²) in [7, 11) is 0. The molecule has 27 heavy (non-hydrogen) atoms. The zero-order valence-corrected chi connectivity index (χ0v) is 16.9. The first kappa shape index (κ1) is 18.8. The first-order chi connectivity index (χ1) is 13.0. The van der Waals surface area contributed by atoms with Crippen LogP contribution in [0.5, 0.6) is 0 Å². The second-order valence-corrected chi connectivity index (χ2v) is 9.19. The molecule has 1 aromatic carbocycles. The highest BCUT2D eigenvalue weighted by molar-refractivity contribution is 7.18. The van der Waals surface area contributed by atoms with E-state index in [1.807, 2.05) is 18.2 Å². The highest BCUT2D eigenvalue weighted by atomic mass is 32.1. The lowest BCUT2D eigenvalue weighted by Crippen LogP contribution is -2.62. The largest absolute Gasteiger partial charge is 0.388 e. The van der Waals surface area contributed by atoms with E-state index in [-0.39, 0.29) is 5.41 Å². The Morgan fingerprint density at radius 1 is 1.11 bits per heavy atom. The summed E-state index contributed by atoms with van der Waals surface area (Å²) in [6, 6.07) is 10.2. The van der Waals surface area contributed by atoms with Crippen LogP contribution in [0.2, 0.25) is 0 Å². The third kappa shape index (κ3) is 3.87. The lowest BCUT2D eigenvalue weighted by molar-refractivity contribution is -0.111. The molecular weight excluding hydrogens is 360 g/mol. The van der Waals surface area contributed by atoms with Crippen LogP contribution in [0.25, 0.3) is 10.6 Å². The molecule has 1 aromatic heterocycles. The maximum Gasteiger partial charge on any atom is 0.208 e. The number of ether oxygens (including phenoxy) is 1. The van der Waals surface area contributed by atoms with Gasteiger partial charge in [0, 0.05) is 43.7 Å². The number of aromatic nitrogens is 2. The maximum atomic E-state index is 11.5. The van der Waals surface area contributed by atoms with Crippen molar-refractivity contribution in [1.29, 1.82) is 0 Å². The molecule has 1 N–H and O–H groups in total. The molecule has 0 aliphatic carbocycles. The van der Waals surface area contributed by atoms with Gasteiger partial charge in [0.15, 0.2) is 0 Å². The number of hydrogen-bond donors (Lipinski definition) is 1. The molecule has 2 aromatic rings. The van der Waals surface area contributed by atoms with Crippen molar-refractivity contribution >= 4 is 16.5 Å². The fraction of sp³-hybridized carbons (Fsp3) is 0.600. The topological polar surface area (TPSA) is 61.7 Å². The van der Waals surface area contributed by atoms with Gasteiger partial charge in [-0.05, 0) is 6.42 Å². The van der Waals surface area contributed by atoms with E-state index < -0.39 is 5.60 Å². The fourth-order valence-corrected chi connectivity index (χ4v) is 4.86. The molecule has 0 spiro atoms. The molecular formula is C20H28N4O2S. The molecule has 0 radical (unpaired) electrons. The van der Waals surface area contributed by atoms with Crippen molar-refractivity contribution in [3.63, 3.8) is 0 Å². The Morgan fingerprint density at radius 3 is 2.56 bits per heavy atom. The number of morpholine rings is 1. The van der Waals surface area contributed by atoms with E-state index in [1.54, 1.807) is 11.3 Å². The Morgan fingerprint density at radius 2 is 1.85 bits per heavy atom. The summed E-state index contributed by atoms with van der Waals surface area (Å²) in [5, 5.41) is 22.2. The average molecular weight is 389 g/mol. The highest BCUT2D eigenvalue weighted by Crippen LogP contribution is 2.42. The van der Waals surface area contributed by atoms with Crippen LogP contribution < -0.4 is 4.90 Å². The monoisotopic (exact) mass is 388 g/mol. The van der Waals surface area contributed by atoms with Gasteiger partial charge in [-0.15, -0.1) is 10.2 Å². The van der Waals surface area contributed by atoms with Crippen molar-refractivity contribution in [2.45, 2.75) is 25.9 Å². The number of aliphatic hydroxyl groups is 1. The van der Waals surface area contributed by atoms with Crippen molar-refractivity contribution in [3.05, 3.63) is 30.3 Å². The van der Waals surface area contributed by atoms with Crippen LogP contribution in [0, 0.1) is 5.41 Å². The normalized spacial score (nSPS) is 26.3. The van der Waals surface area contributed by atoms with E-state index >= 15 is 0 Å². The molecule has 7 heteroatoms. The smallest absolute Gasteiger partial charge is 0.208 e. The number of rotatable bonds is 4. The summed E-state index contributed by atoms with van der Waals surface area (Å²) in [6.45, 7) is 9.94. The molecule has 4 rings (SSSR count). The number of piperidine rings is 1. The molecule has 0 amide bonds. The van der Waals surface area contributed by atoms with Gasteiger partial charge in [-0.3, -0.25) is 4.90 Å². The van der Waals surface area contributed by atoms with Crippen LogP contribution in [-0.2, 0) is 4.74 Å².